The average molecular weight is 291 g/mol. The summed E-state index contributed by atoms with van der Waals surface area (Å²) in [5.74, 6) is 0.706. The van der Waals surface area contributed by atoms with Crippen LogP contribution in [0, 0.1) is 5.92 Å². The van der Waals surface area contributed by atoms with Crippen LogP contribution in [-0.2, 0) is 6.42 Å². The monoisotopic (exact) mass is 289 g/mol. The first-order valence-electron chi connectivity index (χ1n) is 5.01. The zero-order valence-corrected chi connectivity index (χ0v) is 10.9. The van der Waals surface area contributed by atoms with Crippen LogP contribution in [-0.4, -0.2) is 35.2 Å². The molecule has 0 spiro atoms. The molecule has 0 aromatic carbocycles. The highest BCUT2D eigenvalue weighted by atomic mass is 79.9. The smallest absolute Gasteiger partial charge is 0.165 e. The topological polar surface area (TPSA) is 29.0 Å². The summed E-state index contributed by atoms with van der Waals surface area (Å²) in [5, 5.41) is 8.42. The van der Waals surface area contributed by atoms with E-state index in [1.54, 1.807) is 0 Å². The molecule has 1 saturated heterocycles. The second-order valence-electron chi connectivity index (χ2n) is 4.10. The molecule has 82 valence electrons. The van der Waals surface area contributed by atoms with Gasteiger partial charge in [0.05, 0.1) is 10.2 Å². The Labute approximate surface area is 103 Å². The van der Waals surface area contributed by atoms with E-state index in [0.717, 1.165) is 23.1 Å². The Kier molecular flexibility index (Phi) is 3.59. The van der Waals surface area contributed by atoms with Crippen LogP contribution in [0.5, 0.6) is 0 Å². The van der Waals surface area contributed by atoms with Crippen molar-refractivity contribution in [2.45, 2.75) is 12.8 Å². The minimum atomic E-state index is 0.433. The molecular weight excluding hydrogens is 277 g/mol. The fourth-order valence-corrected chi connectivity index (χ4v) is 2.41. The average Bonchev–Trinajstić information content (AvgIpc) is 2.58. The zero-order valence-electron chi connectivity index (χ0n) is 8.58. The van der Waals surface area contributed by atoms with Gasteiger partial charge < -0.3 is 4.90 Å². The summed E-state index contributed by atoms with van der Waals surface area (Å²) in [6.07, 6.45) is 2.24. The van der Waals surface area contributed by atoms with Crippen LogP contribution in [0.1, 0.15) is 12.1 Å². The molecule has 2 rings (SSSR count). The van der Waals surface area contributed by atoms with Gasteiger partial charge in [-0.1, -0.05) is 11.6 Å². The first kappa shape index (κ1) is 11.3. The molecule has 1 atom stereocenters. The lowest BCUT2D eigenvalue weighted by molar-refractivity contribution is 0.393. The molecule has 0 radical (unpaired) electrons. The van der Waals surface area contributed by atoms with E-state index < -0.39 is 0 Å². The number of hydrogen-bond acceptors (Lipinski definition) is 3. The molecule has 1 fully saturated rings. The van der Waals surface area contributed by atoms with Crippen LogP contribution in [0.4, 0.5) is 0 Å². The van der Waals surface area contributed by atoms with Crippen LogP contribution >= 0.6 is 27.5 Å². The second kappa shape index (κ2) is 4.76. The number of nitrogens with zero attached hydrogens (tertiary/aromatic N) is 3. The molecule has 15 heavy (non-hydrogen) atoms. The molecule has 0 bridgehead atoms. The van der Waals surface area contributed by atoms with Crippen molar-refractivity contribution >= 4 is 27.5 Å². The van der Waals surface area contributed by atoms with Gasteiger partial charge in [0.15, 0.2) is 5.15 Å². The molecule has 1 aromatic rings. The lowest BCUT2D eigenvalue weighted by Gasteiger charge is -2.09. The predicted octanol–water partition coefficient (Wildman–Crippen LogP) is 2.39. The van der Waals surface area contributed by atoms with Gasteiger partial charge in [-0.2, -0.15) is 5.10 Å². The molecule has 1 aliphatic rings. The standard InChI is InChI=1S/C10H13BrClN3/c1-15-3-2-7(6-15)4-8-5-9(11)10(12)14-13-8/h5,7H,2-4,6H2,1H3. The largest absolute Gasteiger partial charge is 0.306 e. The Morgan fingerprint density at radius 2 is 2.40 bits per heavy atom. The van der Waals surface area contributed by atoms with E-state index in [9.17, 15) is 0 Å². The third-order valence-corrected chi connectivity index (χ3v) is 3.86. The first-order chi connectivity index (χ1) is 7.15. The summed E-state index contributed by atoms with van der Waals surface area (Å²) < 4.78 is 0.834. The number of halogens is 2. The van der Waals surface area contributed by atoms with Crippen LogP contribution < -0.4 is 0 Å². The normalized spacial score (nSPS) is 22.2. The highest BCUT2D eigenvalue weighted by molar-refractivity contribution is 9.10. The molecule has 0 amide bonds. The van der Waals surface area contributed by atoms with Crippen molar-refractivity contribution in [1.29, 1.82) is 0 Å². The van der Waals surface area contributed by atoms with E-state index in [0.29, 0.717) is 11.1 Å². The minimum Gasteiger partial charge on any atom is -0.306 e. The van der Waals surface area contributed by atoms with Crippen LogP contribution in [0.3, 0.4) is 0 Å². The molecule has 5 heteroatoms. The van der Waals surface area contributed by atoms with Crippen molar-refractivity contribution < 1.29 is 0 Å². The quantitative estimate of drug-likeness (QED) is 0.837. The van der Waals surface area contributed by atoms with Gasteiger partial charge in [0.2, 0.25) is 0 Å². The van der Waals surface area contributed by atoms with Gasteiger partial charge in [0.1, 0.15) is 0 Å². The summed E-state index contributed by atoms with van der Waals surface area (Å²) in [5.41, 5.74) is 1.02. The number of hydrogen-bond donors (Lipinski definition) is 0. The van der Waals surface area contributed by atoms with E-state index in [-0.39, 0.29) is 0 Å². The lowest BCUT2D eigenvalue weighted by atomic mass is 10.0. The van der Waals surface area contributed by atoms with Crippen molar-refractivity contribution in [1.82, 2.24) is 15.1 Å². The molecule has 1 unspecified atom stereocenters. The Morgan fingerprint density at radius 3 is 3.00 bits per heavy atom. The lowest BCUT2D eigenvalue weighted by Crippen LogP contribution is -2.15. The predicted molar refractivity (Wildman–Crippen MR) is 64.1 cm³/mol. The number of rotatable bonds is 2. The van der Waals surface area contributed by atoms with Crippen molar-refractivity contribution in [3.8, 4) is 0 Å². The van der Waals surface area contributed by atoms with Gasteiger partial charge >= 0.3 is 0 Å². The molecule has 0 saturated carbocycles. The van der Waals surface area contributed by atoms with Crippen molar-refractivity contribution in [2.24, 2.45) is 5.92 Å². The summed E-state index contributed by atoms with van der Waals surface area (Å²) in [4.78, 5) is 2.35. The first-order valence-corrected chi connectivity index (χ1v) is 6.18. The Bertz CT molecular complexity index is 359. The van der Waals surface area contributed by atoms with E-state index in [2.05, 4.69) is 38.1 Å². The Morgan fingerprint density at radius 1 is 1.60 bits per heavy atom. The van der Waals surface area contributed by atoms with E-state index in [4.69, 9.17) is 11.6 Å². The minimum absolute atomic E-state index is 0.433. The van der Waals surface area contributed by atoms with Crippen LogP contribution in [0.25, 0.3) is 0 Å². The summed E-state index contributed by atoms with van der Waals surface area (Å²) in [6.45, 7) is 2.34. The Balaban J connectivity index is 2.02. The van der Waals surface area contributed by atoms with Gasteiger partial charge in [-0.25, -0.2) is 0 Å². The summed E-state index contributed by atoms with van der Waals surface area (Å²) in [6, 6.07) is 1.97. The molecule has 0 N–H and O–H groups in total. The highest BCUT2D eigenvalue weighted by Crippen LogP contribution is 2.23. The molecule has 0 aliphatic carbocycles. The maximum Gasteiger partial charge on any atom is 0.165 e. The van der Waals surface area contributed by atoms with Crippen molar-refractivity contribution in [2.75, 3.05) is 20.1 Å². The zero-order chi connectivity index (χ0) is 10.8. The van der Waals surface area contributed by atoms with Gasteiger partial charge in [0, 0.05) is 6.54 Å². The molecular formula is C10H13BrClN3. The maximum absolute atomic E-state index is 5.79. The van der Waals surface area contributed by atoms with Crippen molar-refractivity contribution in [3.05, 3.63) is 21.4 Å². The molecule has 3 nitrogen and oxygen atoms in total. The summed E-state index contributed by atoms with van der Waals surface area (Å²) in [7, 11) is 2.16. The van der Waals surface area contributed by atoms with E-state index in [1.807, 2.05) is 6.07 Å². The summed E-state index contributed by atoms with van der Waals surface area (Å²) >= 11 is 9.15. The van der Waals surface area contributed by atoms with Gasteiger partial charge in [-0.15, -0.1) is 5.10 Å². The maximum atomic E-state index is 5.79. The molecule has 1 aromatic heterocycles. The van der Waals surface area contributed by atoms with Gasteiger partial charge in [0.25, 0.3) is 0 Å². The number of likely N-dealkylation sites (tertiary alicyclic amines) is 1. The van der Waals surface area contributed by atoms with Crippen LogP contribution in [0.15, 0.2) is 10.5 Å². The van der Waals surface area contributed by atoms with Crippen molar-refractivity contribution in [3.63, 3.8) is 0 Å². The van der Waals surface area contributed by atoms with E-state index in [1.165, 1.54) is 13.0 Å². The fourth-order valence-electron chi connectivity index (χ4n) is 1.98. The highest BCUT2D eigenvalue weighted by Gasteiger charge is 2.20. The van der Waals surface area contributed by atoms with Gasteiger partial charge in [-0.05, 0) is 54.3 Å². The SMILES string of the molecule is CN1CCC(Cc2cc(Br)c(Cl)nn2)C1. The van der Waals surface area contributed by atoms with E-state index >= 15 is 0 Å². The third kappa shape index (κ3) is 2.89. The Hall–Kier alpha value is -0.190. The van der Waals surface area contributed by atoms with Crippen LogP contribution in [0.2, 0.25) is 5.15 Å². The fraction of sp³-hybridized carbons (Fsp3) is 0.600. The molecule has 1 aliphatic heterocycles. The second-order valence-corrected chi connectivity index (χ2v) is 5.31. The third-order valence-electron chi connectivity index (χ3n) is 2.74. The molecule has 2 heterocycles. The number of aromatic nitrogens is 2. The van der Waals surface area contributed by atoms with Gasteiger partial charge in [-0.3, -0.25) is 0 Å².